The van der Waals surface area contributed by atoms with Gasteiger partial charge >= 0.3 is 0 Å². The average Bonchev–Trinajstić information content (AvgIpc) is 1.87. The number of nitrogen functional groups attached to an aromatic ring is 1. The lowest BCUT2D eigenvalue weighted by Crippen LogP contribution is -1.82. The minimum atomic E-state index is 0.572. The Hall–Kier alpha value is -1.12. The van der Waals surface area contributed by atoms with Crippen LogP contribution in [0.4, 0.5) is 5.69 Å². The largest absolute Gasteiger partial charge is 0.429 e. The van der Waals surface area contributed by atoms with Crippen LogP contribution in [0.3, 0.4) is 0 Å². The Balaban J connectivity index is 3.04. The van der Waals surface area contributed by atoms with E-state index >= 15 is 0 Å². The molecule has 3 nitrogen and oxygen atoms in total. The normalized spacial score (nSPS) is 9.14. The number of nitrogens with two attached hydrogens (primary N) is 1. The van der Waals surface area contributed by atoms with E-state index < -0.39 is 0 Å². The summed E-state index contributed by atoms with van der Waals surface area (Å²) in [5.41, 5.74) is 5.77. The molecule has 38 valence electrons. The molecule has 0 bridgehead atoms. The number of hydrogen-bond donors (Lipinski definition) is 2. The average molecular weight is 98.1 g/mol. The van der Waals surface area contributed by atoms with Crippen LogP contribution < -0.4 is 5.73 Å². The minimum Gasteiger partial charge on any atom is -0.429 e. The maximum absolute atomic E-state index is 8.49. The van der Waals surface area contributed by atoms with Crippen molar-refractivity contribution in [3.05, 3.63) is 18.5 Å². The predicted molar refractivity (Wildman–Crippen MR) is 26.0 cm³/mol. The Kier molecular flexibility index (Phi) is 0.685. The van der Waals surface area contributed by atoms with Gasteiger partial charge in [-0.15, -0.1) is 0 Å². The third-order valence-electron chi connectivity index (χ3n) is 0.701. The molecule has 0 aromatic carbocycles. The third-order valence-corrected chi connectivity index (χ3v) is 0.701. The molecule has 3 N–H and O–H groups in total. The zero-order chi connectivity index (χ0) is 5.28. The van der Waals surface area contributed by atoms with Crippen molar-refractivity contribution in [3.8, 4) is 0 Å². The van der Waals surface area contributed by atoms with Gasteiger partial charge < -0.3 is 10.9 Å². The summed E-state index contributed by atoms with van der Waals surface area (Å²) in [7, 11) is 0. The summed E-state index contributed by atoms with van der Waals surface area (Å²) < 4.78 is 0.912. The first kappa shape index (κ1) is 4.05. The van der Waals surface area contributed by atoms with Crippen molar-refractivity contribution >= 4 is 5.69 Å². The van der Waals surface area contributed by atoms with Crippen molar-refractivity contribution in [3.63, 3.8) is 0 Å². The van der Waals surface area contributed by atoms with E-state index in [1.54, 1.807) is 6.07 Å². The van der Waals surface area contributed by atoms with Crippen molar-refractivity contribution in [1.29, 1.82) is 0 Å². The second-order valence-electron chi connectivity index (χ2n) is 1.32. The standard InChI is InChI=1S/C4H6N2O/c5-4-1-2-6(7)3-4/h1-3,7H,5H2. The molecule has 0 spiro atoms. The van der Waals surface area contributed by atoms with Gasteiger partial charge in [-0.1, -0.05) is 0 Å². The topological polar surface area (TPSA) is 51.2 Å². The number of nitrogens with zero attached hydrogens (tertiary/aromatic N) is 1. The summed E-state index contributed by atoms with van der Waals surface area (Å²) in [6.07, 6.45) is 2.88. The Morgan fingerprint density at radius 2 is 2.43 bits per heavy atom. The van der Waals surface area contributed by atoms with Gasteiger partial charge in [0.1, 0.15) is 0 Å². The molecule has 0 aliphatic carbocycles. The molecule has 0 aliphatic heterocycles. The molecule has 1 heterocycles. The molecule has 1 rings (SSSR count). The van der Waals surface area contributed by atoms with E-state index in [0.29, 0.717) is 5.69 Å². The molecule has 0 unspecified atom stereocenters. The van der Waals surface area contributed by atoms with Crippen molar-refractivity contribution in [2.24, 2.45) is 0 Å². The van der Waals surface area contributed by atoms with Gasteiger partial charge in [0.15, 0.2) is 0 Å². The van der Waals surface area contributed by atoms with Gasteiger partial charge in [0.2, 0.25) is 0 Å². The summed E-state index contributed by atoms with van der Waals surface area (Å²) in [6, 6.07) is 1.61. The van der Waals surface area contributed by atoms with E-state index in [9.17, 15) is 0 Å². The highest BCUT2D eigenvalue weighted by Crippen LogP contribution is 1.97. The molecule has 1 aromatic heterocycles. The molecule has 0 saturated carbocycles. The zero-order valence-corrected chi connectivity index (χ0v) is 3.70. The molecule has 7 heavy (non-hydrogen) atoms. The molecular weight excluding hydrogens is 92.1 g/mol. The Morgan fingerprint density at radius 3 is 2.57 bits per heavy atom. The third kappa shape index (κ3) is 0.652. The van der Waals surface area contributed by atoms with Crippen LogP contribution >= 0.6 is 0 Å². The van der Waals surface area contributed by atoms with E-state index in [2.05, 4.69) is 0 Å². The van der Waals surface area contributed by atoms with Crippen LogP contribution in [-0.4, -0.2) is 9.94 Å². The SMILES string of the molecule is Nc1ccn(O)c1. The molecule has 0 saturated heterocycles. The van der Waals surface area contributed by atoms with Crippen LogP contribution in [-0.2, 0) is 0 Å². The van der Waals surface area contributed by atoms with E-state index in [-0.39, 0.29) is 0 Å². The summed E-state index contributed by atoms with van der Waals surface area (Å²) >= 11 is 0. The molecular formula is C4H6N2O. The van der Waals surface area contributed by atoms with Crippen LogP contribution in [0, 0.1) is 0 Å². The second-order valence-corrected chi connectivity index (χ2v) is 1.32. The molecule has 0 amide bonds. The predicted octanol–water partition coefficient (Wildman–Crippen LogP) is 0.308. The Morgan fingerprint density at radius 1 is 1.71 bits per heavy atom. The highest BCUT2D eigenvalue weighted by molar-refractivity contribution is 5.33. The van der Waals surface area contributed by atoms with Gasteiger partial charge in [-0.3, -0.25) is 0 Å². The number of hydrogen-bond acceptors (Lipinski definition) is 2. The summed E-state index contributed by atoms with van der Waals surface area (Å²) in [5, 5.41) is 8.49. The quantitative estimate of drug-likeness (QED) is 0.459. The zero-order valence-electron chi connectivity index (χ0n) is 3.70. The smallest absolute Gasteiger partial charge is 0.0661 e. The van der Waals surface area contributed by atoms with Gasteiger partial charge in [-0.2, -0.15) is 4.73 Å². The van der Waals surface area contributed by atoms with Gasteiger partial charge in [0.25, 0.3) is 0 Å². The van der Waals surface area contributed by atoms with Crippen molar-refractivity contribution < 1.29 is 5.21 Å². The maximum atomic E-state index is 8.49. The molecule has 0 aliphatic rings. The second kappa shape index (κ2) is 1.18. The monoisotopic (exact) mass is 98.0 g/mol. The van der Waals surface area contributed by atoms with Crippen molar-refractivity contribution in [1.82, 2.24) is 4.73 Å². The van der Waals surface area contributed by atoms with Gasteiger partial charge in [0.05, 0.1) is 11.9 Å². The summed E-state index contributed by atoms with van der Waals surface area (Å²) in [4.78, 5) is 0. The Labute approximate surface area is 40.9 Å². The van der Waals surface area contributed by atoms with Crippen LogP contribution in [0.5, 0.6) is 0 Å². The fraction of sp³-hybridized carbons (Fsp3) is 0. The molecule has 0 fully saturated rings. The lowest BCUT2D eigenvalue weighted by Gasteiger charge is -1.80. The fourth-order valence-corrected chi connectivity index (χ4v) is 0.401. The molecule has 3 heteroatoms. The Bertz CT molecular complexity index is 142. The summed E-state index contributed by atoms with van der Waals surface area (Å²) in [6.45, 7) is 0. The van der Waals surface area contributed by atoms with E-state index in [1.807, 2.05) is 0 Å². The highest BCUT2D eigenvalue weighted by atomic mass is 16.5. The van der Waals surface area contributed by atoms with Crippen molar-refractivity contribution in [2.75, 3.05) is 5.73 Å². The van der Waals surface area contributed by atoms with Crippen molar-refractivity contribution in [2.45, 2.75) is 0 Å². The first-order chi connectivity index (χ1) is 3.29. The number of rotatable bonds is 0. The van der Waals surface area contributed by atoms with Gasteiger partial charge in [-0.25, -0.2) is 0 Å². The number of anilines is 1. The molecule has 0 radical (unpaired) electrons. The van der Waals surface area contributed by atoms with E-state index in [0.717, 1.165) is 4.73 Å². The first-order valence-electron chi connectivity index (χ1n) is 1.92. The molecule has 1 aromatic rings. The lowest BCUT2D eigenvalue weighted by molar-refractivity contribution is 0.188. The van der Waals surface area contributed by atoms with E-state index in [1.165, 1.54) is 12.4 Å². The highest BCUT2D eigenvalue weighted by Gasteiger charge is 1.82. The van der Waals surface area contributed by atoms with Crippen LogP contribution in [0.25, 0.3) is 0 Å². The lowest BCUT2D eigenvalue weighted by atomic mass is 10.6. The van der Waals surface area contributed by atoms with Gasteiger partial charge in [0, 0.05) is 6.20 Å². The first-order valence-corrected chi connectivity index (χ1v) is 1.92. The van der Waals surface area contributed by atoms with Crippen LogP contribution in [0.15, 0.2) is 18.5 Å². The molecule has 0 atom stereocenters. The van der Waals surface area contributed by atoms with Crippen LogP contribution in [0.2, 0.25) is 0 Å². The maximum Gasteiger partial charge on any atom is 0.0661 e. The van der Waals surface area contributed by atoms with Gasteiger partial charge in [-0.05, 0) is 6.07 Å². The minimum absolute atomic E-state index is 0.572. The van der Waals surface area contributed by atoms with E-state index in [4.69, 9.17) is 10.9 Å². The van der Waals surface area contributed by atoms with Crippen LogP contribution in [0.1, 0.15) is 0 Å². The number of aromatic nitrogens is 1. The fourth-order valence-electron chi connectivity index (χ4n) is 0.401. The summed E-state index contributed by atoms with van der Waals surface area (Å²) in [5.74, 6) is 0.